The molecule has 2 aromatic rings. The Balaban J connectivity index is 2.28. The number of carbonyl (C=O) groups excluding carboxylic acids is 2. The normalized spacial score (nSPS) is 11.6. The number of hydrogen-bond donors (Lipinski definition) is 1. The zero-order chi connectivity index (χ0) is 21.4. The molecular weight excluding hydrogens is 411 g/mol. The lowest BCUT2D eigenvalue weighted by molar-refractivity contribution is -0.142. The summed E-state index contributed by atoms with van der Waals surface area (Å²) < 4.78 is 5.72. The molecule has 0 unspecified atom stereocenters. The van der Waals surface area contributed by atoms with Crippen molar-refractivity contribution < 1.29 is 14.3 Å². The maximum absolute atomic E-state index is 13.1. The van der Waals surface area contributed by atoms with Crippen LogP contribution in [-0.4, -0.2) is 35.9 Å². The zero-order valence-electron chi connectivity index (χ0n) is 16.9. The molecule has 2 amide bonds. The number of halogens is 2. The Bertz CT molecular complexity index is 837. The first-order valence-corrected chi connectivity index (χ1v) is 10.3. The minimum Gasteiger partial charge on any atom is -0.484 e. The minimum absolute atomic E-state index is 0.115. The summed E-state index contributed by atoms with van der Waals surface area (Å²) in [7, 11) is 0. The van der Waals surface area contributed by atoms with Crippen LogP contribution in [0.1, 0.15) is 31.4 Å². The molecular formula is C22H26Cl2N2O3. The molecule has 7 heteroatoms. The van der Waals surface area contributed by atoms with Gasteiger partial charge >= 0.3 is 0 Å². The summed E-state index contributed by atoms with van der Waals surface area (Å²) in [6, 6.07) is 12.0. The predicted molar refractivity (Wildman–Crippen MR) is 116 cm³/mol. The Morgan fingerprint density at radius 1 is 1.07 bits per heavy atom. The number of rotatable bonds is 9. The van der Waals surface area contributed by atoms with Crippen LogP contribution in [0.15, 0.2) is 42.5 Å². The molecule has 2 aromatic carbocycles. The van der Waals surface area contributed by atoms with Gasteiger partial charge in [0.15, 0.2) is 6.61 Å². The van der Waals surface area contributed by atoms with Gasteiger partial charge in [0, 0.05) is 28.7 Å². The standard InChI is InChI=1S/C22H26Cl2N2O3/c1-4-19(22(28)25-5-2)26(13-16-17(23)10-8-11-18(16)24)21(27)14-29-20-12-7-6-9-15(20)3/h6-12,19H,4-5,13-14H2,1-3H3,(H,25,28)/t19-/m1/s1. The van der Waals surface area contributed by atoms with Crippen molar-refractivity contribution in [2.24, 2.45) is 0 Å². The number of para-hydroxylation sites is 1. The SMILES string of the molecule is CCNC(=O)[C@@H](CC)N(Cc1c(Cl)cccc1Cl)C(=O)COc1ccccc1C. The molecule has 0 aliphatic rings. The van der Waals surface area contributed by atoms with Crippen molar-refractivity contribution in [2.75, 3.05) is 13.2 Å². The van der Waals surface area contributed by atoms with E-state index >= 15 is 0 Å². The fourth-order valence-electron chi connectivity index (χ4n) is 3.01. The molecule has 0 fully saturated rings. The Labute approximate surface area is 181 Å². The van der Waals surface area contributed by atoms with Crippen LogP contribution in [0.5, 0.6) is 5.75 Å². The van der Waals surface area contributed by atoms with Gasteiger partial charge < -0.3 is 15.0 Å². The fourth-order valence-corrected chi connectivity index (χ4v) is 3.52. The van der Waals surface area contributed by atoms with E-state index in [-0.39, 0.29) is 25.0 Å². The molecule has 1 N–H and O–H groups in total. The molecule has 0 saturated carbocycles. The van der Waals surface area contributed by atoms with Crippen molar-refractivity contribution in [2.45, 2.75) is 39.8 Å². The van der Waals surface area contributed by atoms with E-state index in [1.807, 2.05) is 39.0 Å². The Kier molecular flexibility index (Phi) is 8.80. The molecule has 0 spiro atoms. The van der Waals surface area contributed by atoms with Crippen molar-refractivity contribution in [1.29, 1.82) is 0 Å². The highest BCUT2D eigenvalue weighted by atomic mass is 35.5. The van der Waals surface area contributed by atoms with Gasteiger partial charge in [-0.25, -0.2) is 0 Å². The lowest BCUT2D eigenvalue weighted by Crippen LogP contribution is -2.50. The van der Waals surface area contributed by atoms with E-state index in [9.17, 15) is 9.59 Å². The van der Waals surface area contributed by atoms with E-state index in [4.69, 9.17) is 27.9 Å². The van der Waals surface area contributed by atoms with Crippen molar-refractivity contribution >= 4 is 35.0 Å². The number of carbonyl (C=O) groups is 2. The van der Waals surface area contributed by atoms with Gasteiger partial charge in [-0.2, -0.15) is 0 Å². The number of nitrogens with zero attached hydrogens (tertiary/aromatic N) is 1. The first-order valence-electron chi connectivity index (χ1n) is 9.57. The summed E-state index contributed by atoms with van der Waals surface area (Å²) in [5.74, 6) is 0.0902. The summed E-state index contributed by atoms with van der Waals surface area (Å²) in [4.78, 5) is 27.2. The maximum atomic E-state index is 13.1. The van der Waals surface area contributed by atoms with Gasteiger partial charge in [0.2, 0.25) is 5.91 Å². The number of hydrogen-bond acceptors (Lipinski definition) is 3. The number of benzene rings is 2. The number of amides is 2. The molecule has 1 atom stereocenters. The lowest BCUT2D eigenvalue weighted by Gasteiger charge is -2.31. The van der Waals surface area contributed by atoms with Crippen LogP contribution < -0.4 is 10.1 Å². The van der Waals surface area contributed by atoms with Gasteiger partial charge in [-0.3, -0.25) is 9.59 Å². The topological polar surface area (TPSA) is 58.6 Å². The molecule has 0 radical (unpaired) electrons. The van der Waals surface area contributed by atoms with E-state index in [0.717, 1.165) is 5.56 Å². The van der Waals surface area contributed by atoms with E-state index in [1.165, 1.54) is 4.90 Å². The van der Waals surface area contributed by atoms with E-state index in [0.29, 0.717) is 34.3 Å². The van der Waals surface area contributed by atoms with Gasteiger partial charge in [0.1, 0.15) is 11.8 Å². The van der Waals surface area contributed by atoms with Crippen LogP contribution in [0.2, 0.25) is 10.0 Å². The molecule has 0 bridgehead atoms. The third-order valence-corrected chi connectivity index (χ3v) is 5.28. The summed E-state index contributed by atoms with van der Waals surface area (Å²) in [5, 5.41) is 3.68. The fraction of sp³-hybridized carbons (Fsp3) is 0.364. The third-order valence-electron chi connectivity index (χ3n) is 4.57. The predicted octanol–water partition coefficient (Wildman–Crippen LogP) is 4.62. The molecule has 2 rings (SSSR count). The van der Waals surface area contributed by atoms with Crippen molar-refractivity contribution in [3.8, 4) is 5.75 Å². The van der Waals surface area contributed by atoms with Gasteiger partial charge in [-0.15, -0.1) is 0 Å². The van der Waals surface area contributed by atoms with Crippen molar-refractivity contribution in [1.82, 2.24) is 10.2 Å². The number of aryl methyl sites for hydroxylation is 1. The van der Waals surface area contributed by atoms with E-state index < -0.39 is 6.04 Å². The molecule has 0 aliphatic carbocycles. The Morgan fingerprint density at radius 3 is 2.31 bits per heavy atom. The summed E-state index contributed by atoms with van der Waals surface area (Å²) in [5.41, 5.74) is 1.53. The second kappa shape index (κ2) is 11.1. The van der Waals surface area contributed by atoms with Gasteiger partial charge in [-0.1, -0.05) is 54.4 Å². The molecule has 29 heavy (non-hydrogen) atoms. The monoisotopic (exact) mass is 436 g/mol. The van der Waals surface area contributed by atoms with E-state index in [1.54, 1.807) is 24.3 Å². The van der Waals surface area contributed by atoms with Gasteiger partial charge in [0.25, 0.3) is 5.91 Å². The first kappa shape index (κ1) is 23.0. The minimum atomic E-state index is -0.657. The van der Waals surface area contributed by atoms with Crippen LogP contribution in [0, 0.1) is 6.92 Å². The number of likely N-dealkylation sites (N-methyl/N-ethyl adjacent to an activating group) is 1. The van der Waals surface area contributed by atoms with Crippen LogP contribution in [0.4, 0.5) is 0 Å². The van der Waals surface area contributed by atoms with Crippen molar-refractivity contribution in [3.63, 3.8) is 0 Å². The van der Waals surface area contributed by atoms with Gasteiger partial charge in [-0.05, 0) is 44.0 Å². The average Bonchev–Trinajstić information content (AvgIpc) is 2.69. The quantitative estimate of drug-likeness (QED) is 0.623. The zero-order valence-corrected chi connectivity index (χ0v) is 18.4. The first-order chi connectivity index (χ1) is 13.9. The second-order valence-electron chi connectivity index (χ2n) is 6.59. The molecule has 5 nitrogen and oxygen atoms in total. The smallest absolute Gasteiger partial charge is 0.261 e. The molecule has 0 heterocycles. The number of ether oxygens (including phenoxy) is 1. The highest BCUT2D eigenvalue weighted by Gasteiger charge is 2.29. The Morgan fingerprint density at radius 2 is 1.72 bits per heavy atom. The number of nitrogens with one attached hydrogen (secondary N) is 1. The third kappa shape index (κ3) is 6.12. The molecule has 156 valence electrons. The van der Waals surface area contributed by atoms with Crippen LogP contribution >= 0.6 is 23.2 Å². The highest BCUT2D eigenvalue weighted by Crippen LogP contribution is 2.27. The van der Waals surface area contributed by atoms with Crippen LogP contribution in [0.3, 0.4) is 0 Å². The summed E-state index contributed by atoms with van der Waals surface area (Å²) in [6.45, 7) is 6.00. The molecule has 0 aliphatic heterocycles. The lowest BCUT2D eigenvalue weighted by atomic mass is 10.1. The molecule has 0 aromatic heterocycles. The Hall–Kier alpha value is -2.24. The maximum Gasteiger partial charge on any atom is 0.261 e. The van der Waals surface area contributed by atoms with E-state index in [2.05, 4.69) is 5.32 Å². The van der Waals surface area contributed by atoms with Gasteiger partial charge in [0.05, 0.1) is 0 Å². The highest BCUT2D eigenvalue weighted by molar-refractivity contribution is 6.36. The largest absolute Gasteiger partial charge is 0.484 e. The van der Waals surface area contributed by atoms with Crippen molar-refractivity contribution in [3.05, 3.63) is 63.6 Å². The van der Waals surface area contributed by atoms with Crippen LogP contribution in [0.25, 0.3) is 0 Å². The average molecular weight is 437 g/mol. The second-order valence-corrected chi connectivity index (χ2v) is 7.41. The molecule has 0 saturated heterocycles. The summed E-state index contributed by atoms with van der Waals surface area (Å²) >= 11 is 12.6. The van der Waals surface area contributed by atoms with Crippen LogP contribution in [-0.2, 0) is 16.1 Å². The summed E-state index contributed by atoms with van der Waals surface area (Å²) in [6.07, 6.45) is 0.448.